The van der Waals surface area contributed by atoms with Crippen LogP contribution in [0.1, 0.15) is 19.8 Å². The van der Waals surface area contributed by atoms with Crippen molar-refractivity contribution in [2.45, 2.75) is 25.8 Å². The molecule has 2 aromatic rings. The molecule has 1 aromatic heterocycles. The van der Waals surface area contributed by atoms with Crippen molar-refractivity contribution in [3.8, 4) is 5.75 Å². The lowest BCUT2D eigenvalue weighted by Gasteiger charge is -2.33. The summed E-state index contributed by atoms with van der Waals surface area (Å²) in [6.45, 7) is 5.32. The maximum atomic E-state index is 13.2. The van der Waals surface area contributed by atoms with Gasteiger partial charge in [-0.25, -0.2) is 18.8 Å². The number of ether oxygens (including phenoxy) is 1. The molecule has 2 N–H and O–H groups in total. The first kappa shape index (κ1) is 20.8. The van der Waals surface area contributed by atoms with Crippen molar-refractivity contribution < 1.29 is 13.5 Å². The molecule has 1 fully saturated rings. The second kappa shape index (κ2) is 10.6. The lowest BCUT2D eigenvalue weighted by Crippen LogP contribution is -2.49. The Bertz CT molecular complexity index is 795. The third kappa shape index (κ3) is 6.30. The number of hydrogen-bond donors (Lipinski definition) is 2. The molecule has 1 aromatic carbocycles. The van der Waals surface area contributed by atoms with Gasteiger partial charge in [0, 0.05) is 37.9 Å². The molecule has 1 saturated heterocycles. The van der Waals surface area contributed by atoms with E-state index in [1.165, 1.54) is 6.07 Å². The van der Waals surface area contributed by atoms with Crippen molar-refractivity contribution in [1.29, 1.82) is 0 Å². The summed E-state index contributed by atoms with van der Waals surface area (Å²) in [5, 5.41) is 6.71. The molecule has 0 unspecified atom stereocenters. The van der Waals surface area contributed by atoms with Gasteiger partial charge < -0.3 is 20.3 Å². The number of nitrogens with zero attached hydrogens (tertiary/aromatic N) is 3. The summed E-state index contributed by atoms with van der Waals surface area (Å²) in [6, 6.07) is 9.79. The number of aliphatic imine (C=N–C) groups is 1. The van der Waals surface area contributed by atoms with Crippen LogP contribution >= 0.6 is 0 Å². The summed E-state index contributed by atoms with van der Waals surface area (Å²) in [6.07, 6.45) is 3.80. The molecule has 6 nitrogen and oxygen atoms in total. The highest BCUT2D eigenvalue weighted by molar-refractivity contribution is 5.80. The highest BCUT2D eigenvalue weighted by Gasteiger charge is 2.20. The third-order valence-corrected chi connectivity index (χ3v) is 4.67. The Balaban J connectivity index is 1.45. The van der Waals surface area contributed by atoms with Gasteiger partial charge in [-0.2, -0.15) is 0 Å². The van der Waals surface area contributed by atoms with Crippen LogP contribution in [-0.4, -0.2) is 49.8 Å². The molecular formula is C21H27F2N5O. The first-order chi connectivity index (χ1) is 14.2. The molecule has 0 radical (unpaired) electrons. The largest absolute Gasteiger partial charge is 0.492 e. The van der Waals surface area contributed by atoms with E-state index < -0.39 is 11.6 Å². The van der Waals surface area contributed by atoms with E-state index in [0.717, 1.165) is 56.4 Å². The SMILES string of the molecule is CCNC(=NCCOc1ccc(F)c(F)c1)NC1CCN(c2ccccn2)CC1. The Kier molecular flexibility index (Phi) is 7.61. The van der Waals surface area contributed by atoms with Crippen molar-refractivity contribution in [2.75, 3.05) is 37.7 Å². The highest BCUT2D eigenvalue weighted by atomic mass is 19.2. The maximum Gasteiger partial charge on any atom is 0.191 e. The van der Waals surface area contributed by atoms with Crippen LogP contribution < -0.4 is 20.3 Å². The average Bonchev–Trinajstić information content (AvgIpc) is 2.75. The molecule has 3 rings (SSSR count). The number of hydrogen-bond acceptors (Lipinski definition) is 4. The fraction of sp³-hybridized carbons (Fsp3) is 0.429. The summed E-state index contributed by atoms with van der Waals surface area (Å²) in [5.41, 5.74) is 0. The zero-order valence-corrected chi connectivity index (χ0v) is 16.6. The van der Waals surface area contributed by atoms with E-state index in [1.54, 1.807) is 0 Å². The molecule has 0 atom stereocenters. The molecule has 0 spiro atoms. The highest BCUT2D eigenvalue weighted by Crippen LogP contribution is 2.17. The van der Waals surface area contributed by atoms with E-state index in [0.29, 0.717) is 18.3 Å². The number of guanidine groups is 1. The normalized spacial score (nSPS) is 15.3. The standard InChI is InChI=1S/C21H27F2N5O/c1-2-24-21(26-11-14-29-17-6-7-18(22)19(23)15-17)27-16-8-12-28(13-9-16)20-5-3-4-10-25-20/h3-7,10,15-16H,2,8-9,11-14H2,1H3,(H2,24,26,27). The molecule has 2 heterocycles. The van der Waals surface area contributed by atoms with Gasteiger partial charge in [-0.1, -0.05) is 6.07 Å². The first-order valence-electron chi connectivity index (χ1n) is 9.94. The Morgan fingerprint density at radius 1 is 1.21 bits per heavy atom. The Hall–Kier alpha value is -2.90. The van der Waals surface area contributed by atoms with Gasteiger partial charge >= 0.3 is 0 Å². The van der Waals surface area contributed by atoms with E-state index in [1.807, 2.05) is 31.3 Å². The van der Waals surface area contributed by atoms with E-state index in [-0.39, 0.29) is 6.61 Å². The van der Waals surface area contributed by atoms with Crippen LogP contribution in [0.25, 0.3) is 0 Å². The quantitative estimate of drug-likeness (QED) is 0.423. The minimum atomic E-state index is -0.918. The van der Waals surface area contributed by atoms with Gasteiger partial charge in [-0.05, 0) is 44.0 Å². The van der Waals surface area contributed by atoms with Gasteiger partial charge in [0.15, 0.2) is 17.6 Å². The Morgan fingerprint density at radius 3 is 2.72 bits per heavy atom. The molecule has 0 saturated carbocycles. The number of nitrogens with one attached hydrogen (secondary N) is 2. The first-order valence-corrected chi connectivity index (χ1v) is 9.94. The minimum absolute atomic E-state index is 0.278. The molecule has 0 aliphatic carbocycles. The van der Waals surface area contributed by atoms with Crippen LogP contribution in [0.4, 0.5) is 14.6 Å². The summed E-state index contributed by atoms with van der Waals surface area (Å²) >= 11 is 0. The number of aromatic nitrogens is 1. The minimum Gasteiger partial charge on any atom is -0.492 e. The lowest BCUT2D eigenvalue weighted by atomic mass is 10.1. The number of rotatable bonds is 7. The van der Waals surface area contributed by atoms with Crippen LogP contribution in [-0.2, 0) is 0 Å². The van der Waals surface area contributed by atoms with Gasteiger partial charge in [0.1, 0.15) is 18.2 Å². The van der Waals surface area contributed by atoms with E-state index in [2.05, 4.69) is 25.5 Å². The second-order valence-corrected chi connectivity index (χ2v) is 6.78. The van der Waals surface area contributed by atoms with Crippen LogP contribution in [0.15, 0.2) is 47.6 Å². The maximum absolute atomic E-state index is 13.2. The number of piperidine rings is 1. The van der Waals surface area contributed by atoms with Crippen molar-refractivity contribution in [3.63, 3.8) is 0 Å². The van der Waals surface area contributed by atoms with Crippen molar-refractivity contribution in [2.24, 2.45) is 4.99 Å². The predicted octanol–water partition coefficient (Wildman–Crippen LogP) is 2.96. The van der Waals surface area contributed by atoms with Gasteiger partial charge in [-0.15, -0.1) is 0 Å². The van der Waals surface area contributed by atoms with Gasteiger partial charge in [0.2, 0.25) is 0 Å². The molecule has 8 heteroatoms. The number of benzene rings is 1. The third-order valence-electron chi connectivity index (χ3n) is 4.67. The Labute approximate surface area is 170 Å². The lowest BCUT2D eigenvalue weighted by molar-refractivity contribution is 0.325. The summed E-state index contributed by atoms with van der Waals surface area (Å²) in [7, 11) is 0. The van der Waals surface area contributed by atoms with Crippen LogP contribution in [0, 0.1) is 11.6 Å². The van der Waals surface area contributed by atoms with Crippen molar-refractivity contribution >= 4 is 11.8 Å². The predicted molar refractivity (Wildman–Crippen MR) is 110 cm³/mol. The van der Waals surface area contributed by atoms with Crippen molar-refractivity contribution in [1.82, 2.24) is 15.6 Å². The van der Waals surface area contributed by atoms with Crippen LogP contribution in [0.2, 0.25) is 0 Å². The van der Waals surface area contributed by atoms with Crippen LogP contribution in [0.5, 0.6) is 5.75 Å². The molecule has 29 heavy (non-hydrogen) atoms. The summed E-state index contributed by atoms with van der Waals surface area (Å²) < 4.78 is 31.6. The molecule has 1 aliphatic rings. The second-order valence-electron chi connectivity index (χ2n) is 6.78. The van der Waals surface area contributed by atoms with E-state index in [4.69, 9.17) is 4.74 Å². The van der Waals surface area contributed by atoms with E-state index >= 15 is 0 Å². The topological polar surface area (TPSA) is 61.8 Å². The fourth-order valence-corrected chi connectivity index (χ4v) is 3.19. The monoisotopic (exact) mass is 403 g/mol. The van der Waals surface area contributed by atoms with E-state index in [9.17, 15) is 8.78 Å². The van der Waals surface area contributed by atoms with Gasteiger partial charge in [0.05, 0.1) is 6.54 Å². The molecular weight excluding hydrogens is 376 g/mol. The number of pyridine rings is 1. The zero-order chi connectivity index (χ0) is 20.5. The fourth-order valence-electron chi connectivity index (χ4n) is 3.19. The number of anilines is 1. The van der Waals surface area contributed by atoms with Gasteiger partial charge in [0.25, 0.3) is 0 Å². The Morgan fingerprint density at radius 2 is 2.03 bits per heavy atom. The molecule has 0 bridgehead atoms. The van der Waals surface area contributed by atoms with Crippen LogP contribution in [0.3, 0.4) is 0 Å². The molecule has 1 aliphatic heterocycles. The smallest absolute Gasteiger partial charge is 0.191 e. The number of halogens is 2. The van der Waals surface area contributed by atoms with Gasteiger partial charge in [-0.3, -0.25) is 0 Å². The summed E-state index contributed by atoms with van der Waals surface area (Å²) in [4.78, 5) is 11.2. The van der Waals surface area contributed by atoms with Crippen molar-refractivity contribution in [3.05, 3.63) is 54.2 Å². The molecule has 0 amide bonds. The zero-order valence-electron chi connectivity index (χ0n) is 16.6. The summed E-state index contributed by atoms with van der Waals surface area (Å²) in [5.74, 6) is 0.235. The molecule has 156 valence electrons. The average molecular weight is 403 g/mol.